The van der Waals surface area contributed by atoms with Crippen molar-refractivity contribution in [3.05, 3.63) is 35.9 Å². The van der Waals surface area contributed by atoms with Crippen molar-refractivity contribution in [3.63, 3.8) is 0 Å². The Balaban J connectivity index is 2.44. The third-order valence-corrected chi connectivity index (χ3v) is 3.37. The molecule has 3 heteroatoms. The Labute approximate surface area is 107 Å². The van der Waals surface area contributed by atoms with Crippen LogP contribution in [0, 0.1) is 6.92 Å². The Hall–Kier alpha value is -1.28. The number of fused-ring (bicyclic) bond motifs is 1. The van der Waals surface area contributed by atoms with Crippen molar-refractivity contribution < 1.29 is 0 Å². The third-order valence-electron chi connectivity index (χ3n) is 2.71. The van der Waals surface area contributed by atoms with E-state index >= 15 is 0 Å². The molecule has 1 heterocycles. The van der Waals surface area contributed by atoms with E-state index in [1.165, 1.54) is 5.39 Å². The number of halogens is 1. The molecule has 0 radical (unpaired) electrons. The maximum absolute atomic E-state index is 5.92. The second kappa shape index (κ2) is 4.53. The molecule has 1 aromatic carbocycles. The molecule has 0 bridgehead atoms. The zero-order chi connectivity index (χ0) is 12.5. The molecule has 0 amide bonds. The number of aryl methyl sites for hydroxylation is 1. The second-order valence-corrected chi connectivity index (χ2v) is 5.26. The fourth-order valence-corrected chi connectivity index (χ4v) is 1.77. The molecule has 0 atom stereocenters. The van der Waals surface area contributed by atoms with Gasteiger partial charge in [0.25, 0.3) is 0 Å². The fourth-order valence-electron chi connectivity index (χ4n) is 1.70. The molecule has 0 saturated heterocycles. The number of aromatic nitrogens is 1. The first-order valence-corrected chi connectivity index (χ1v) is 6.26. The monoisotopic (exact) mass is 248 g/mol. The molecule has 1 N–H and O–H groups in total. The van der Waals surface area contributed by atoms with Crippen molar-refractivity contribution in [2.75, 3.05) is 11.2 Å². The highest BCUT2D eigenvalue weighted by Gasteiger charge is 2.17. The van der Waals surface area contributed by atoms with Crippen molar-refractivity contribution in [1.82, 2.24) is 4.98 Å². The highest BCUT2D eigenvalue weighted by molar-refractivity contribution is 6.18. The van der Waals surface area contributed by atoms with Gasteiger partial charge < -0.3 is 5.32 Å². The van der Waals surface area contributed by atoms with Crippen LogP contribution in [0.4, 0.5) is 5.82 Å². The van der Waals surface area contributed by atoms with Gasteiger partial charge in [-0.2, -0.15) is 0 Å². The van der Waals surface area contributed by atoms with E-state index in [-0.39, 0.29) is 5.54 Å². The summed E-state index contributed by atoms with van der Waals surface area (Å²) in [5, 5.41) is 4.55. The van der Waals surface area contributed by atoms with Crippen LogP contribution in [0.2, 0.25) is 0 Å². The maximum Gasteiger partial charge on any atom is 0.130 e. The summed E-state index contributed by atoms with van der Waals surface area (Å²) in [5.41, 5.74) is 2.00. The Kier molecular flexibility index (Phi) is 3.25. The summed E-state index contributed by atoms with van der Waals surface area (Å²) in [5.74, 6) is 1.45. The van der Waals surface area contributed by atoms with Crippen LogP contribution >= 0.6 is 11.6 Å². The molecule has 0 aliphatic carbocycles. The predicted molar refractivity (Wildman–Crippen MR) is 74.9 cm³/mol. The molecule has 1 aromatic heterocycles. The van der Waals surface area contributed by atoms with Gasteiger partial charge in [-0.15, -0.1) is 11.6 Å². The first-order valence-electron chi connectivity index (χ1n) is 5.72. The molecule has 0 aliphatic rings. The van der Waals surface area contributed by atoms with Gasteiger partial charge >= 0.3 is 0 Å². The van der Waals surface area contributed by atoms with Crippen LogP contribution in [0.1, 0.15) is 19.4 Å². The molecular formula is C14H17ClN2. The Morgan fingerprint density at radius 2 is 2.00 bits per heavy atom. The van der Waals surface area contributed by atoms with E-state index in [4.69, 9.17) is 11.6 Å². The van der Waals surface area contributed by atoms with E-state index in [2.05, 4.69) is 43.2 Å². The number of para-hydroxylation sites is 1. The van der Waals surface area contributed by atoms with E-state index < -0.39 is 0 Å². The number of benzene rings is 1. The summed E-state index contributed by atoms with van der Waals surface area (Å²) in [6.07, 6.45) is 0. The lowest BCUT2D eigenvalue weighted by atomic mass is 10.1. The van der Waals surface area contributed by atoms with Crippen LogP contribution in [-0.2, 0) is 0 Å². The minimum absolute atomic E-state index is 0.151. The lowest BCUT2D eigenvalue weighted by Gasteiger charge is -2.25. The number of hydrogen-bond acceptors (Lipinski definition) is 2. The van der Waals surface area contributed by atoms with Gasteiger partial charge in [0.05, 0.1) is 5.52 Å². The minimum atomic E-state index is -0.151. The number of anilines is 1. The van der Waals surface area contributed by atoms with Crippen LogP contribution < -0.4 is 5.32 Å². The number of hydrogen-bond donors (Lipinski definition) is 1. The molecule has 0 unspecified atom stereocenters. The molecule has 2 rings (SSSR count). The van der Waals surface area contributed by atoms with Gasteiger partial charge in [-0.25, -0.2) is 4.98 Å². The third kappa shape index (κ3) is 2.70. The zero-order valence-electron chi connectivity index (χ0n) is 10.4. The van der Waals surface area contributed by atoms with Crippen LogP contribution in [0.25, 0.3) is 10.9 Å². The maximum atomic E-state index is 5.92. The molecule has 90 valence electrons. The van der Waals surface area contributed by atoms with E-state index in [9.17, 15) is 0 Å². The number of rotatable bonds is 3. The molecule has 2 aromatic rings. The minimum Gasteiger partial charge on any atom is -0.364 e. The fraction of sp³-hybridized carbons (Fsp3) is 0.357. The average molecular weight is 249 g/mol. The van der Waals surface area contributed by atoms with Gasteiger partial charge in [0.2, 0.25) is 0 Å². The van der Waals surface area contributed by atoms with Gasteiger partial charge in [-0.3, -0.25) is 0 Å². The highest BCUT2D eigenvalue weighted by Crippen LogP contribution is 2.22. The van der Waals surface area contributed by atoms with Gasteiger partial charge in [0.1, 0.15) is 5.82 Å². The van der Waals surface area contributed by atoms with Crippen molar-refractivity contribution in [2.24, 2.45) is 0 Å². The van der Waals surface area contributed by atoms with E-state index in [0.717, 1.165) is 16.9 Å². The molecule has 0 aliphatic heterocycles. The smallest absolute Gasteiger partial charge is 0.130 e. The highest BCUT2D eigenvalue weighted by atomic mass is 35.5. The van der Waals surface area contributed by atoms with Crippen LogP contribution in [-0.4, -0.2) is 16.4 Å². The summed E-state index contributed by atoms with van der Waals surface area (Å²) in [6.45, 7) is 6.19. The SMILES string of the molecule is Cc1cc2ccccc2nc1NC(C)(C)CCl. The first-order chi connectivity index (χ1) is 8.02. The predicted octanol–water partition coefficient (Wildman–Crippen LogP) is 3.97. The summed E-state index contributed by atoms with van der Waals surface area (Å²) in [7, 11) is 0. The molecule has 0 spiro atoms. The van der Waals surface area contributed by atoms with Crippen LogP contribution in [0.15, 0.2) is 30.3 Å². The number of alkyl halides is 1. The van der Waals surface area contributed by atoms with Gasteiger partial charge in [-0.05, 0) is 38.5 Å². The van der Waals surface area contributed by atoms with E-state index in [0.29, 0.717) is 5.88 Å². The van der Waals surface area contributed by atoms with Crippen molar-refractivity contribution >= 4 is 28.3 Å². The van der Waals surface area contributed by atoms with Crippen molar-refractivity contribution in [2.45, 2.75) is 26.3 Å². The molecule has 0 saturated carbocycles. The summed E-state index contributed by atoms with van der Waals surface area (Å²) >= 11 is 5.92. The van der Waals surface area contributed by atoms with Gasteiger partial charge in [-0.1, -0.05) is 18.2 Å². The van der Waals surface area contributed by atoms with Crippen molar-refractivity contribution in [1.29, 1.82) is 0 Å². The Morgan fingerprint density at radius 1 is 1.29 bits per heavy atom. The van der Waals surface area contributed by atoms with Gasteiger partial charge in [0, 0.05) is 16.8 Å². The lowest BCUT2D eigenvalue weighted by Crippen LogP contribution is -2.33. The first kappa shape index (κ1) is 12.2. The van der Waals surface area contributed by atoms with Crippen molar-refractivity contribution in [3.8, 4) is 0 Å². The van der Waals surface area contributed by atoms with Gasteiger partial charge in [0.15, 0.2) is 0 Å². The number of nitrogens with one attached hydrogen (secondary N) is 1. The summed E-state index contributed by atoms with van der Waals surface area (Å²) in [6, 6.07) is 10.3. The quantitative estimate of drug-likeness (QED) is 0.832. The molecular weight excluding hydrogens is 232 g/mol. The van der Waals surface area contributed by atoms with E-state index in [1.54, 1.807) is 0 Å². The largest absolute Gasteiger partial charge is 0.364 e. The standard InChI is InChI=1S/C14H17ClN2/c1-10-8-11-6-4-5-7-12(11)16-13(10)17-14(2,3)9-15/h4-8H,9H2,1-3H3,(H,16,17). The Morgan fingerprint density at radius 3 is 2.71 bits per heavy atom. The topological polar surface area (TPSA) is 24.9 Å². The lowest BCUT2D eigenvalue weighted by molar-refractivity contribution is 0.637. The number of nitrogens with zero attached hydrogens (tertiary/aromatic N) is 1. The average Bonchev–Trinajstić information content (AvgIpc) is 2.30. The van der Waals surface area contributed by atoms with E-state index in [1.807, 2.05) is 18.2 Å². The molecule has 0 fully saturated rings. The summed E-state index contributed by atoms with van der Waals surface area (Å²) < 4.78 is 0. The van der Waals surface area contributed by atoms with Crippen LogP contribution in [0.3, 0.4) is 0 Å². The van der Waals surface area contributed by atoms with Crippen LogP contribution in [0.5, 0.6) is 0 Å². The normalized spacial score (nSPS) is 11.8. The second-order valence-electron chi connectivity index (χ2n) is 4.99. The Bertz CT molecular complexity index is 535. The zero-order valence-corrected chi connectivity index (χ0v) is 11.2. The number of pyridine rings is 1. The summed E-state index contributed by atoms with van der Waals surface area (Å²) in [4.78, 5) is 4.64. The molecule has 17 heavy (non-hydrogen) atoms. The molecule has 2 nitrogen and oxygen atoms in total.